The van der Waals surface area contributed by atoms with Gasteiger partial charge in [-0.2, -0.15) is 0 Å². The number of rotatable bonds is 5. The van der Waals surface area contributed by atoms with E-state index >= 15 is 0 Å². The second-order valence-corrected chi connectivity index (χ2v) is 4.09. The summed E-state index contributed by atoms with van der Waals surface area (Å²) in [7, 11) is 0. The predicted octanol–water partition coefficient (Wildman–Crippen LogP) is 1.21. The first-order valence-electron chi connectivity index (χ1n) is 6.35. The van der Waals surface area contributed by atoms with E-state index in [1.807, 2.05) is 44.2 Å². The third kappa shape index (κ3) is 2.96. The Hall–Kier alpha value is -2.24. The summed E-state index contributed by atoms with van der Waals surface area (Å²) in [6, 6.07) is 9.61. The molecule has 0 saturated carbocycles. The summed E-state index contributed by atoms with van der Waals surface area (Å²) >= 11 is 0. The Balaban J connectivity index is 2.19. The van der Waals surface area contributed by atoms with E-state index in [2.05, 4.69) is 15.5 Å². The fraction of sp³-hybridized carbons (Fsp3) is 0.385. The van der Waals surface area contributed by atoms with E-state index in [-0.39, 0.29) is 12.5 Å². The first-order valence-corrected chi connectivity index (χ1v) is 6.35. The van der Waals surface area contributed by atoms with Crippen LogP contribution < -0.4 is 0 Å². The van der Waals surface area contributed by atoms with Crippen LogP contribution in [-0.2, 0) is 11.3 Å². The van der Waals surface area contributed by atoms with Crippen LogP contribution in [0.2, 0.25) is 0 Å². The lowest BCUT2D eigenvalue weighted by atomic mass is 10.2. The van der Waals surface area contributed by atoms with Gasteiger partial charge in [0.15, 0.2) is 5.82 Å². The Morgan fingerprint density at radius 3 is 2.53 bits per heavy atom. The monoisotopic (exact) mass is 259 g/mol. The molecule has 0 fully saturated rings. The average Bonchev–Trinajstić information content (AvgIpc) is 2.89. The molecule has 0 bridgehead atoms. The highest BCUT2D eigenvalue weighted by molar-refractivity contribution is 5.76. The van der Waals surface area contributed by atoms with Gasteiger partial charge in [-0.25, -0.2) is 4.68 Å². The van der Waals surface area contributed by atoms with Crippen LogP contribution in [0.1, 0.15) is 13.8 Å². The molecule has 1 heterocycles. The largest absolute Gasteiger partial charge is 0.342 e. The van der Waals surface area contributed by atoms with Gasteiger partial charge < -0.3 is 4.90 Å². The second-order valence-electron chi connectivity index (χ2n) is 4.09. The molecular weight excluding hydrogens is 242 g/mol. The van der Waals surface area contributed by atoms with Gasteiger partial charge in [0, 0.05) is 18.7 Å². The molecule has 0 aliphatic heterocycles. The van der Waals surface area contributed by atoms with Crippen molar-refractivity contribution >= 4 is 5.91 Å². The van der Waals surface area contributed by atoms with E-state index in [9.17, 15) is 4.79 Å². The number of likely N-dealkylation sites (N-methyl/N-ethyl adjacent to an activating group) is 1. The number of carbonyl (C=O) groups is 1. The van der Waals surface area contributed by atoms with Crippen molar-refractivity contribution in [1.29, 1.82) is 0 Å². The van der Waals surface area contributed by atoms with Crippen LogP contribution in [0.4, 0.5) is 0 Å². The Kier molecular flexibility index (Phi) is 4.22. The molecule has 1 amide bonds. The molecule has 0 saturated heterocycles. The lowest BCUT2D eigenvalue weighted by molar-refractivity contribution is -0.131. The molecular formula is C13H17N5O. The summed E-state index contributed by atoms with van der Waals surface area (Å²) in [6.45, 7) is 5.47. The van der Waals surface area contributed by atoms with Gasteiger partial charge in [0.2, 0.25) is 5.91 Å². The van der Waals surface area contributed by atoms with Crippen molar-refractivity contribution in [3.05, 3.63) is 30.3 Å². The number of tetrazole rings is 1. The van der Waals surface area contributed by atoms with Crippen LogP contribution >= 0.6 is 0 Å². The van der Waals surface area contributed by atoms with Crippen LogP contribution in [0.25, 0.3) is 11.4 Å². The van der Waals surface area contributed by atoms with Crippen molar-refractivity contribution in [3.8, 4) is 11.4 Å². The maximum absolute atomic E-state index is 12.1. The average molecular weight is 259 g/mol. The molecule has 0 unspecified atom stereocenters. The van der Waals surface area contributed by atoms with E-state index in [4.69, 9.17) is 0 Å². The number of amides is 1. The molecule has 0 atom stereocenters. The summed E-state index contributed by atoms with van der Waals surface area (Å²) in [6.07, 6.45) is 0. The highest BCUT2D eigenvalue weighted by Crippen LogP contribution is 2.14. The first-order chi connectivity index (χ1) is 9.26. The van der Waals surface area contributed by atoms with Crippen molar-refractivity contribution < 1.29 is 4.79 Å². The van der Waals surface area contributed by atoms with Crippen molar-refractivity contribution in [3.63, 3.8) is 0 Å². The molecule has 2 rings (SSSR count). The zero-order valence-electron chi connectivity index (χ0n) is 11.2. The summed E-state index contributed by atoms with van der Waals surface area (Å²) < 4.78 is 1.54. The maximum Gasteiger partial charge on any atom is 0.244 e. The maximum atomic E-state index is 12.1. The first kappa shape index (κ1) is 13.2. The molecule has 6 nitrogen and oxygen atoms in total. The Labute approximate surface area is 112 Å². The third-order valence-corrected chi connectivity index (χ3v) is 2.97. The smallest absolute Gasteiger partial charge is 0.244 e. The zero-order valence-corrected chi connectivity index (χ0v) is 11.2. The summed E-state index contributed by atoms with van der Waals surface area (Å²) in [5.74, 6) is 0.635. The minimum atomic E-state index is 0.0227. The van der Waals surface area contributed by atoms with E-state index in [1.165, 1.54) is 4.68 Å². The molecule has 0 aliphatic carbocycles. The van der Waals surface area contributed by atoms with Crippen molar-refractivity contribution in [2.45, 2.75) is 20.4 Å². The van der Waals surface area contributed by atoms with Gasteiger partial charge in [-0.05, 0) is 24.3 Å². The van der Waals surface area contributed by atoms with Crippen LogP contribution in [0.15, 0.2) is 30.3 Å². The highest BCUT2D eigenvalue weighted by Gasteiger charge is 2.15. The van der Waals surface area contributed by atoms with E-state index in [0.29, 0.717) is 18.9 Å². The summed E-state index contributed by atoms with van der Waals surface area (Å²) in [5, 5.41) is 11.5. The van der Waals surface area contributed by atoms with Gasteiger partial charge in [0.25, 0.3) is 0 Å². The molecule has 2 aromatic rings. The number of aromatic nitrogens is 4. The van der Waals surface area contributed by atoms with Crippen LogP contribution in [0.3, 0.4) is 0 Å². The molecule has 19 heavy (non-hydrogen) atoms. The SMILES string of the molecule is CCN(CC)C(=O)Cn1nnnc1-c1ccccc1. The standard InChI is InChI=1S/C13H17N5O/c1-3-17(4-2)12(19)10-18-13(14-15-16-18)11-8-6-5-7-9-11/h5-9H,3-4,10H2,1-2H3. The van der Waals surface area contributed by atoms with E-state index < -0.39 is 0 Å². The fourth-order valence-corrected chi connectivity index (χ4v) is 1.91. The van der Waals surface area contributed by atoms with Crippen molar-refractivity contribution in [2.24, 2.45) is 0 Å². The highest BCUT2D eigenvalue weighted by atomic mass is 16.2. The Morgan fingerprint density at radius 1 is 1.21 bits per heavy atom. The molecule has 6 heteroatoms. The van der Waals surface area contributed by atoms with Crippen LogP contribution in [0.5, 0.6) is 0 Å². The molecule has 0 aliphatic rings. The second kappa shape index (κ2) is 6.08. The molecule has 1 aromatic carbocycles. The quantitative estimate of drug-likeness (QED) is 0.809. The Bertz CT molecular complexity index is 533. The fourth-order valence-electron chi connectivity index (χ4n) is 1.91. The number of hydrogen-bond acceptors (Lipinski definition) is 4. The van der Waals surface area contributed by atoms with Gasteiger partial charge in [-0.3, -0.25) is 4.79 Å². The van der Waals surface area contributed by atoms with Crippen LogP contribution in [0, 0.1) is 0 Å². The van der Waals surface area contributed by atoms with Gasteiger partial charge in [0.1, 0.15) is 6.54 Å². The molecule has 0 N–H and O–H groups in total. The predicted molar refractivity (Wildman–Crippen MR) is 71.2 cm³/mol. The van der Waals surface area contributed by atoms with Crippen molar-refractivity contribution in [2.75, 3.05) is 13.1 Å². The summed E-state index contributed by atoms with van der Waals surface area (Å²) in [4.78, 5) is 13.8. The number of benzene rings is 1. The molecule has 0 spiro atoms. The van der Waals surface area contributed by atoms with E-state index in [1.54, 1.807) is 4.90 Å². The summed E-state index contributed by atoms with van der Waals surface area (Å²) in [5.41, 5.74) is 0.903. The minimum Gasteiger partial charge on any atom is -0.342 e. The normalized spacial score (nSPS) is 10.4. The molecule has 1 aromatic heterocycles. The van der Waals surface area contributed by atoms with Crippen molar-refractivity contribution in [1.82, 2.24) is 25.1 Å². The van der Waals surface area contributed by atoms with Gasteiger partial charge in [0.05, 0.1) is 0 Å². The van der Waals surface area contributed by atoms with E-state index in [0.717, 1.165) is 5.56 Å². The number of nitrogens with zero attached hydrogens (tertiary/aromatic N) is 5. The lowest BCUT2D eigenvalue weighted by Gasteiger charge is -2.18. The van der Waals surface area contributed by atoms with Crippen LogP contribution in [-0.4, -0.2) is 44.1 Å². The lowest BCUT2D eigenvalue weighted by Crippen LogP contribution is -2.33. The van der Waals surface area contributed by atoms with Gasteiger partial charge in [-0.1, -0.05) is 30.3 Å². The number of carbonyl (C=O) groups excluding carboxylic acids is 1. The molecule has 0 radical (unpaired) electrons. The molecule has 100 valence electrons. The van der Waals surface area contributed by atoms with Gasteiger partial charge >= 0.3 is 0 Å². The van der Waals surface area contributed by atoms with Gasteiger partial charge in [-0.15, -0.1) is 5.10 Å². The number of hydrogen-bond donors (Lipinski definition) is 0. The minimum absolute atomic E-state index is 0.0227. The topological polar surface area (TPSA) is 63.9 Å². The Morgan fingerprint density at radius 2 is 1.89 bits per heavy atom. The third-order valence-electron chi connectivity index (χ3n) is 2.97. The zero-order chi connectivity index (χ0) is 13.7.